The number of esters is 1. The van der Waals surface area contributed by atoms with Crippen molar-refractivity contribution in [2.24, 2.45) is 10.4 Å². The van der Waals surface area contributed by atoms with E-state index in [1.54, 1.807) is 11.0 Å². The first-order chi connectivity index (χ1) is 11.8. The number of hydrogen-bond donors (Lipinski definition) is 0. The molecule has 0 unspecified atom stereocenters. The molecule has 0 atom stereocenters. The maximum atomic E-state index is 13.5. The average molecular weight is 390 g/mol. The molecule has 0 amide bonds. The molecule has 4 rings (SSSR count). The Morgan fingerprint density at radius 2 is 1.92 bits per heavy atom. The van der Waals surface area contributed by atoms with Gasteiger partial charge in [-0.15, -0.1) is 0 Å². The van der Waals surface area contributed by atoms with Crippen molar-refractivity contribution in [2.75, 3.05) is 42.6 Å². The van der Waals surface area contributed by atoms with Gasteiger partial charge in [0.15, 0.2) is 0 Å². The van der Waals surface area contributed by atoms with Gasteiger partial charge in [-0.1, -0.05) is 6.07 Å². The predicted molar refractivity (Wildman–Crippen MR) is 89.9 cm³/mol. The Bertz CT molecular complexity index is 793. The van der Waals surface area contributed by atoms with E-state index < -0.39 is 28.5 Å². The van der Waals surface area contributed by atoms with Crippen LogP contribution in [-0.2, 0) is 26.5 Å². The predicted octanol–water partition coefficient (Wildman–Crippen LogP) is 0.795. The number of rotatable bonds is 2. The van der Waals surface area contributed by atoms with Crippen LogP contribution >= 0.6 is 0 Å². The summed E-state index contributed by atoms with van der Waals surface area (Å²) in [5.74, 6) is 0.663. The fraction of sp³-hybridized carbons (Fsp3) is 0.500. The molecule has 142 valence electrons. The van der Waals surface area contributed by atoms with Crippen LogP contribution in [0.3, 0.4) is 0 Å². The van der Waals surface area contributed by atoms with Crippen molar-refractivity contribution in [1.82, 2.24) is 0 Å². The maximum Gasteiger partial charge on any atom is 0.418 e. The van der Waals surface area contributed by atoms with Crippen LogP contribution in [0.25, 0.3) is 0 Å². The number of halogens is 3. The Balaban J connectivity index is 0.00000196. The van der Waals surface area contributed by atoms with Crippen LogP contribution in [0.5, 0.6) is 0 Å². The molecule has 0 bridgehead atoms. The smallest absolute Gasteiger partial charge is 0.418 e. The van der Waals surface area contributed by atoms with Crippen molar-refractivity contribution in [1.29, 1.82) is 0 Å². The van der Waals surface area contributed by atoms with Gasteiger partial charge in [-0.25, -0.2) is 0 Å². The van der Waals surface area contributed by atoms with Gasteiger partial charge >= 0.3 is 12.1 Å². The number of benzene rings is 1. The molecule has 2 saturated heterocycles. The molecule has 0 radical (unpaired) electrons. The highest BCUT2D eigenvalue weighted by Gasteiger charge is 2.53. The molecule has 0 saturated carbocycles. The largest absolute Gasteiger partial charge is 0.458 e. The summed E-state index contributed by atoms with van der Waals surface area (Å²) in [6.45, 7) is 0.706. The van der Waals surface area contributed by atoms with Gasteiger partial charge in [-0.3, -0.25) is 14.0 Å². The van der Waals surface area contributed by atoms with Crippen LogP contribution in [0, 0.1) is 5.41 Å². The van der Waals surface area contributed by atoms with Crippen LogP contribution in [0.2, 0.25) is 0 Å². The van der Waals surface area contributed by atoms with E-state index in [4.69, 9.17) is 4.74 Å². The molecule has 2 N–H and O–H groups in total. The number of hydrogen-bond acceptors (Lipinski definition) is 5. The summed E-state index contributed by atoms with van der Waals surface area (Å²) in [6.07, 6.45) is -4.50. The third-order valence-electron chi connectivity index (χ3n) is 4.73. The number of aliphatic imine (C=N–C) groups is 1. The molecule has 3 heterocycles. The summed E-state index contributed by atoms with van der Waals surface area (Å²) in [5, 5.41) is 0. The Morgan fingerprint density at radius 1 is 1.23 bits per heavy atom. The van der Waals surface area contributed by atoms with Gasteiger partial charge < -0.3 is 15.1 Å². The Morgan fingerprint density at radius 3 is 2.46 bits per heavy atom. The van der Waals surface area contributed by atoms with E-state index in [1.807, 2.05) is 0 Å². The highest BCUT2D eigenvalue weighted by molar-refractivity contribution is 7.86. The standard InChI is InChI=1S/C16H15F3N2O3S.H2O/c17-16(18,19)11-3-10(12-5-24-14(22)4-20-12)1-2-13(11)21-6-15(7-21)8-25(23)9-15;/h1-3H,4-9H2;1H2. The highest BCUT2D eigenvalue weighted by Crippen LogP contribution is 2.46. The molecule has 3 aliphatic heterocycles. The van der Waals surface area contributed by atoms with Crippen LogP contribution in [0.15, 0.2) is 23.2 Å². The Hall–Kier alpha value is -1.94. The molecule has 0 aromatic heterocycles. The summed E-state index contributed by atoms with van der Waals surface area (Å²) in [7, 11) is -0.820. The lowest BCUT2D eigenvalue weighted by Crippen LogP contribution is -2.67. The van der Waals surface area contributed by atoms with E-state index in [1.165, 1.54) is 6.07 Å². The highest BCUT2D eigenvalue weighted by atomic mass is 32.2. The number of nitrogens with zero attached hydrogens (tertiary/aromatic N) is 2. The molecule has 1 aromatic carbocycles. The van der Waals surface area contributed by atoms with Crippen LogP contribution in [0.1, 0.15) is 11.1 Å². The van der Waals surface area contributed by atoms with Crippen molar-refractivity contribution < 1.29 is 32.4 Å². The normalized spacial score (nSPS) is 22.0. The lowest BCUT2D eigenvalue weighted by Gasteiger charge is -2.56. The topological polar surface area (TPSA) is 90.5 Å². The van der Waals surface area contributed by atoms with Gasteiger partial charge in [0.2, 0.25) is 0 Å². The minimum atomic E-state index is -4.50. The van der Waals surface area contributed by atoms with E-state index in [-0.39, 0.29) is 29.7 Å². The fourth-order valence-corrected chi connectivity index (χ4v) is 5.20. The van der Waals surface area contributed by atoms with Crippen LogP contribution < -0.4 is 4.90 Å². The zero-order chi connectivity index (χ0) is 17.8. The van der Waals surface area contributed by atoms with Crippen molar-refractivity contribution in [2.45, 2.75) is 6.18 Å². The van der Waals surface area contributed by atoms with Crippen molar-refractivity contribution in [3.05, 3.63) is 29.3 Å². The summed E-state index contributed by atoms with van der Waals surface area (Å²) in [6, 6.07) is 4.09. The van der Waals surface area contributed by atoms with Gasteiger partial charge in [-0.05, 0) is 17.7 Å². The summed E-state index contributed by atoms with van der Waals surface area (Å²) >= 11 is 0. The van der Waals surface area contributed by atoms with E-state index in [2.05, 4.69) is 4.99 Å². The molecule has 3 aliphatic rings. The van der Waals surface area contributed by atoms with E-state index in [0.29, 0.717) is 35.9 Å². The minimum Gasteiger partial charge on any atom is -0.458 e. The van der Waals surface area contributed by atoms with Gasteiger partial charge in [0, 0.05) is 46.5 Å². The number of cyclic esters (lactones) is 1. The molecular weight excluding hydrogens is 373 g/mol. The third-order valence-corrected chi connectivity index (χ3v) is 6.60. The monoisotopic (exact) mass is 390 g/mol. The molecule has 2 fully saturated rings. The zero-order valence-electron chi connectivity index (χ0n) is 13.6. The van der Waals surface area contributed by atoms with E-state index >= 15 is 0 Å². The van der Waals surface area contributed by atoms with Crippen molar-refractivity contribution >= 4 is 28.2 Å². The number of alkyl halides is 3. The fourth-order valence-electron chi connectivity index (χ4n) is 3.55. The first-order valence-corrected chi connectivity index (χ1v) is 9.25. The number of carbonyl (C=O) groups excluding carboxylic acids is 1. The number of ether oxygens (including phenoxy) is 1. The van der Waals surface area contributed by atoms with Gasteiger partial charge in [0.25, 0.3) is 0 Å². The van der Waals surface area contributed by atoms with E-state index in [9.17, 15) is 22.2 Å². The summed E-state index contributed by atoms with van der Waals surface area (Å²) < 4.78 is 56.7. The lowest BCUT2D eigenvalue weighted by molar-refractivity contribution is -0.141. The molecular formula is C16H17F3N2O4S. The number of anilines is 1. The SMILES string of the molecule is O.O=C1CN=C(c2ccc(N3CC4(C3)CS(=O)C4)c(C(F)(F)F)c2)CO1. The molecule has 26 heavy (non-hydrogen) atoms. The third kappa shape index (κ3) is 3.23. The molecule has 10 heteroatoms. The molecule has 6 nitrogen and oxygen atoms in total. The molecule has 0 aliphatic carbocycles. The maximum absolute atomic E-state index is 13.5. The summed E-state index contributed by atoms with van der Waals surface area (Å²) in [5.41, 5.74) is -0.0174. The molecule has 1 aromatic rings. The number of carbonyl (C=O) groups is 1. The minimum absolute atomic E-state index is 0. The Kier molecular flexibility index (Phi) is 4.60. The average Bonchev–Trinajstić information content (AvgIpc) is 2.49. The van der Waals surface area contributed by atoms with Crippen molar-refractivity contribution in [3.8, 4) is 0 Å². The van der Waals surface area contributed by atoms with Gasteiger partial charge in [0.05, 0.1) is 11.3 Å². The first kappa shape index (κ1) is 18.8. The summed E-state index contributed by atoms with van der Waals surface area (Å²) in [4.78, 5) is 16.7. The Labute approximate surface area is 149 Å². The first-order valence-electron chi connectivity index (χ1n) is 7.76. The van der Waals surface area contributed by atoms with Crippen molar-refractivity contribution in [3.63, 3.8) is 0 Å². The van der Waals surface area contributed by atoms with Gasteiger partial charge in [-0.2, -0.15) is 13.2 Å². The second kappa shape index (κ2) is 6.34. The lowest BCUT2D eigenvalue weighted by atomic mass is 9.82. The molecule has 1 spiro atoms. The second-order valence-electron chi connectivity index (χ2n) is 6.74. The quantitative estimate of drug-likeness (QED) is 0.699. The second-order valence-corrected chi connectivity index (χ2v) is 8.19. The van der Waals surface area contributed by atoms with Crippen LogP contribution in [-0.4, -0.2) is 59.1 Å². The van der Waals surface area contributed by atoms with E-state index in [0.717, 1.165) is 6.07 Å². The van der Waals surface area contributed by atoms with Crippen LogP contribution in [0.4, 0.5) is 18.9 Å². The van der Waals surface area contributed by atoms with Gasteiger partial charge in [0.1, 0.15) is 13.2 Å². The zero-order valence-corrected chi connectivity index (χ0v) is 14.5.